The summed E-state index contributed by atoms with van der Waals surface area (Å²) >= 11 is 3.49. The van der Waals surface area contributed by atoms with Gasteiger partial charge in [0.25, 0.3) is 0 Å². The van der Waals surface area contributed by atoms with E-state index in [4.69, 9.17) is 10.5 Å². The first-order valence-corrected chi connectivity index (χ1v) is 7.25. The maximum absolute atomic E-state index is 14.8. The highest BCUT2D eigenvalue weighted by Crippen LogP contribution is 2.45. The summed E-state index contributed by atoms with van der Waals surface area (Å²) in [5, 5.41) is 0. The third-order valence-electron chi connectivity index (χ3n) is 3.96. The molecule has 0 bridgehead atoms. The van der Waals surface area contributed by atoms with Crippen LogP contribution in [-0.4, -0.2) is 18.8 Å². The largest absolute Gasteiger partial charge is 0.493 e. The highest BCUT2D eigenvalue weighted by atomic mass is 79.9. The molecule has 0 spiro atoms. The molecule has 2 N–H and O–H groups in total. The Hall–Kier alpha value is -0.610. The van der Waals surface area contributed by atoms with Crippen molar-refractivity contribution in [3.05, 3.63) is 27.7 Å². The van der Waals surface area contributed by atoms with E-state index in [1.165, 1.54) is 5.56 Å². The average molecular weight is 314 g/mol. The number of ether oxygens (including phenoxy) is 1. The van der Waals surface area contributed by atoms with Crippen molar-refractivity contribution in [1.29, 1.82) is 0 Å². The second-order valence-corrected chi connectivity index (χ2v) is 6.26. The molecule has 1 aliphatic carbocycles. The van der Waals surface area contributed by atoms with Gasteiger partial charge in [-0.2, -0.15) is 0 Å². The molecule has 1 aromatic rings. The van der Waals surface area contributed by atoms with Gasteiger partial charge >= 0.3 is 0 Å². The Bertz CT molecular complexity index is 475. The lowest BCUT2D eigenvalue weighted by atomic mass is 9.90. The third-order valence-corrected chi connectivity index (χ3v) is 4.42. The van der Waals surface area contributed by atoms with Crippen LogP contribution in [0.2, 0.25) is 0 Å². The van der Waals surface area contributed by atoms with Gasteiger partial charge < -0.3 is 10.5 Å². The molecule has 0 saturated heterocycles. The first-order valence-electron chi connectivity index (χ1n) is 6.45. The Morgan fingerprint density at radius 3 is 2.89 bits per heavy atom. The summed E-state index contributed by atoms with van der Waals surface area (Å²) in [7, 11) is 0. The van der Waals surface area contributed by atoms with Crippen molar-refractivity contribution < 1.29 is 9.13 Å². The van der Waals surface area contributed by atoms with Crippen LogP contribution in [0.3, 0.4) is 0 Å². The van der Waals surface area contributed by atoms with E-state index < -0.39 is 5.67 Å². The molecule has 18 heavy (non-hydrogen) atoms. The summed E-state index contributed by atoms with van der Waals surface area (Å²) in [5.41, 5.74) is 6.52. The van der Waals surface area contributed by atoms with Gasteiger partial charge in [-0.05, 0) is 42.0 Å². The molecule has 1 unspecified atom stereocenters. The first kappa shape index (κ1) is 12.4. The van der Waals surface area contributed by atoms with Crippen LogP contribution in [0.25, 0.3) is 0 Å². The molecule has 0 aromatic heterocycles. The van der Waals surface area contributed by atoms with Gasteiger partial charge in [-0.25, -0.2) is 4.39 Å². The SMILES string of the molecule is NCC(F)(Cc1cc(Br)cc2c1OCC2)C1CC1. The van der Waals surface area contributed by atoms with Crippen molar-refractivity contribution in [2.75, 3.05) is 13.2 Å². The van der Waals surface area contributed by atoms with Crippen molar-refractivity contribution in [3.63, 3.8) is 0 Å². The number of rotatable bonds is 4. The van der Waals surface area contributed by atoms with Crippen molar-refractivity contribution in [1.82, 2.24) is 0 Å². The fraction of sp³-hybridized carbons (Fsp3) is 0.571. The van der Waals surface area contributed by atoms with E-state index in [1.54, 1.807) is 0 Å². The van der Waals surface area contributed by atoms with Crippen LogP contribution < -0.4 is 10.5 Å². The molecule has 1 fully saturated rings. The number of hydrogen-bond acceptors (Lipinski definition) is 2. The lowest BCUT2D eigenvalue weighted by Crippen LogP contribution is -2.37. The summed E-state index contributed by atoms with van der Waals surface area (Å²) in [5.74, 6) is 1.02. The summed E-state index contributed by atoms with van der Waals surface area (Å²) in [6.45, 7) is 0.795. The van der Waals surface area contributed by atoms with Crippen LogP contribution in [0.1, 0.15) is 24.0 Å². The fourth-order valence-electron chi connectivity index (χ4n) is 2.78. The van der Waals surface area contributed by atoms with Crippen LogP contribution in [0.5, 0.6) is 5.75 Å². The molecule has 1 saturated carbocycles. The fourth-order valence-corrected chi connectivity index (χ4v) is 3.33. The van der Waals surface area contributed by atoms with E-state index in [0.29, 0.717) is 13.0 Å². The second kappa shape index (κ2) is 4.49. The Labute approximate surface area is 115 Å². The quantitative estimate of drug-likeness (QED) is 0.927. The van der Waals surface area contributed by atoms with Crippen molar-refractivity contribution >= 4 is 15.9 Å². The molecule has 4 heteroatoms. The molecule has 98 valence electrons. The van der Waals surface area contributed by atoms with E-state index in [-0.39, 0.29) is 12.5 Å². The molecule has 0 radical (unpaired) electrons. The molecule has 1 aromatic carbocycles. The zero-order valence-corrected chi connectivity index (χ0v) is 11.8. The molecule has 1 heterocycles. The minimum Gasteiger partial charge on any atom is -0.493 e. The van der Waals surface area contributed by atoms with Crippen LogP contribution in [0.15, 0.2) is 16.6 Å². The molecular weight excluding hydrogens is 297 g/mol. The van der Waals surface area contributed by atoms with Crippen LogP contribution in [0.4, 0.5) is 4.39 Å². The van der Waals surface area contributed by atoms with Gasteiger partial charge in [-0.1, -0.05) is 15.9 Å². The normalized spacial score (nSPS) is 21.3. The molecule has 0 amide bonds. The second-order valence-electron chi connectivity index (χ2n) is 5.34. The van der Waals surface area contributed by atoms with E-state index >= 15 is 0 Å². The van der Waals surface area contributed by atoms with Crippen molar-refractivity contribution in [2.45, 2.75) is 31.4 Å². The highest BCUT2D eigenvalue weighted by molar-refractivity contribution is 9.10. The molecule has 3 rings (SSSR count). The molecule has 1 aliphatic heterocycles. The van der Waals surface area contributed by atoms with Gasteiger partial charge in [0.15, 0.2) is 0 Å². The van der Waals surface area contributed by atoms with Gasteiger partial charge in [0.1, 0.15) is 11.4 Å². The maximum Gasteiger partial charge on any atom is 0.130 e. The Morgan fingerprint density at radius 2 is 2.22 bits per heavy atom. The minimum atomic E-state index is -1.26. The number of halogens is 2. The molecule has 2 nitrogen and oxygen atoms in total. The lowest BCUT2D eigenvalue weighted by Gasteiger charge is -2.24. The maximum atomic E-state index is 14.8. The minimum absolute atomic E-state index is 0.0962. The topological polar surface area (TPSA) is 35.2 Å². The van der Waals surface area contributed by atoms with Crippen molar-refractivity contribution in [3.8, 4) is 5.75 Å². The monoisotopic (exact) mass is 313 g/mol. The summed E-state index contributed by atoms with van der Waals surface area (Å²) in [6, 6.07) is 4.03. The third kappa shape index (κ3) is 2.16. The van der Waals surface area contributed by atoms with E-state index in [9.17, 15) is 4.39 Å². The number of nitrogens with two attached hydrogens (primary N) is 1. The Morgan fingerprint density at radius 1 is 1.44 bits per heavy atom. The van der Waals surface area contributed by atoms with Crippen LogP contribution in [0, 0.1) is 5.92 Å². The smallest absolute Gasteiger partial charge is 0.130 e. The zero-order valence-electron chi connectivity index (χ0n) is 10.2. The van der Waals surface area contributed by atoms with Gasteiger partial charge in [0.05, 0.1) is 6.61 Å². The van der Waals surface area contributed by atoms with Gasteiger partial charge in [-0.15, -0.1) is 0 Å². The zero-order chi connectivity index (χ0) is 12.8. The Balaban J connectivity index is 1.92. The number of hydrogen-bond donors (Lipinski definition) is 1. The van der Waals surface area contributed by atoms with Crippen molar-refractivity contribution in [2.24, 2.45) is 11.7 Å². The van der Waals surface area contributed by atoms with Crippen LogP contribution >= 0.6 is 15.9 Å². The summed E-state index contributed by atoms with van der Waals surface area (Å²) in [6.07, 6.45) is 3.21. The highest BCUT2D eigenvalue weighted by Gasteiger charge is 2.45. The van der Waals surface area contributed by atoms with Gasteiger partial charge in [-0.3, -0.25) is 0 Å². The van der Waals surface area contributed by atoms with E-state index in [1.807, 2.05) is 6.07 Å². The molecule has 2 aliphatic rings. The number of fused-ring (bicyclic) bond motifs is 1. The lowest BCUT2D eigenvalue weighted by molar-refractivity contribution is 0.141. The predicted octanol–water partition coefficient (Wildman–Crippen LogP) is 3.00. The average Bonchev–Trinajstić information content (AvgIpc) is 3.09. The van der Waals surface area contributed by atoms with E-state index in [2.05, 4.69) is 22.0 Å². The predicted molar refractivity (Wildman–Crippen MR) is 72.7 cm³/mol. The van der Waals surface area contributed by atoms with Gasteiger partial charge in [0.2, 0.25) is 0 Å². The van der Waals surface area contributed by atoms with E-state index in [0.717, 1.165) is 35.0 Å². The summed E-state index contributed by atoms with van der Waals surface area (Å²) < 4.78 is 21.4. The van der Waals surface area contributed by atoms with Gasteiger partial charge in [0, 0.05) is 23.9 Å². The summed E-state index contributed by atoms with van der Waals surface area (Å²) in [4.78, 5) is 0. The number of alkyl halides is 1. The Kier molecular flexibility index (Phi) is 3.10. The van der Waals surface area contributed by atoms with Crippen LogP contribution in [-0.2, 0) is 12.8 Å². The molecule has 1 atom stereocenters. The standard InChI is InChI=1S/C14H17BrFNO/c15-12-5-9-3-4-18-13(9)10(6-12)7-14(16,8-17)11-1-2-11/h5-6,11H,1-4,7-8,17H2. The first-order chi connectivity index (χ1) is 8.62. The molecular formula is C14H17BrFNO. The number of benzene rings is 1.